The van der Waals surface area contributed by atoms with Gasteiger partial charge < -0.3 is 0 Å². The lowest BCUT2D eigenvalue weighted by Gasteiger charge is -2.58. The molecule has 5 unspecified atom stereocenters. The zero-order chi connectivity index (χ0) is 28.8. The monoisotopic (exact) mass is 528 g/mol. The second-order valence-electron chi connectivity index (χ2n) is 13.3. The molecule has 0 aliphatic heterocycles. The lowest BCUT2D eigenvalue weighted by atomic mass is 9.39. The first-order valence-corrected chi connectivity index (χ1v) is 14.5. The summed E-state index contributed by atoms with van der Waals surface area (Å²) in [6, 6.07) is 8.73. The van der Waals surface area contributed by atoms with Crippen LogP contribution < -0.4 is 0 Å². The maximum Gasteiger partial charge on any atom is 0.184 e. The average molecular weight is 529 g/mol. The summed E-state index contributed by atoms with van der Waals surface area (Å²) >= 11 is 0. The van der Waals surface area contributed by atoms with Crippen LogP contribution in [0.1, 0.15) is 97.3 Å². The van der Waals surface area contributed by atoms with Crippen LogP contribution in [0.3, 0.4) is 0 Å². The molecule has 5 rings (SSSR count). The van der Waals surface area contributed by atoms with Gasteiger partial charge in [0.25, 0.3) is 0 Å². The molecule has 4 bridgehead atoms. The fourth-order valence-electron chi connectivity index (χ4n) is 7.57. The molecule has 0 spiro atoms. The Hall–Kier alpha value is -2.88. The van der Waals surface area contributed by atoms with Crippen LogP contribution >= 0.6 is 0 Å². The van der Waals surface area contributed by atoms with Crippen molar-refractivity contribution in [3.63, 3.8) is 0 Å². The van der Waals surface area contributed by atoms with E-state index < -0.39 is 39.5 Å². The van der Waals surface area contributed by atoms with Crippen LogP contribution in [0.15, 0.2) is 65.3 Å². The molecular formula is C35H44O4. The maximum atomic E-state index is 14.8. The highest BCUT2D eigenvalue weighted by Crippen LogP contribution is 2.68. The molecule has 0 heterocycles. The van der Waals surface area contributed by atoms with Crippen molar-refractivity contribution < 1.29 is 19.2 Å². The summed E-state index contributed by atoms with van der Waals surface area (Å²) in [7, 11) is 0. The highest BCUT2D eigenvalue weighted by Gasteiger charge is 2.79. The van der Waals surface area contributed by atoms with E-state index in [1.807, 2.05) is 46.8 Å². The van der Waals surface area contributed by atoms with E-state index in [0.717, 1.165) is 24.0 Å². The van der Waals surface area contributed by atoms with E-state index in [0.29, 0.717) is 24.8 Å². The summed E-state index contributed by atoms with van der Waals surface area (Å²) in [4.78, 5) is 58.3. The standard InChI is InChI=1S/C35H44O4/c1-22(2)12-11-13-24(5)18-19-34-21-27-20-26(17-16-23(3)4)28(30(34)37)31(38)35(32(34)39,33(27,6)7)29(36)25-14-9-8-10-15-25/h8-10,12,14-16,18,26-28H,11,13,17,19-21H2,1-7H3. The first-order chi connectivity index (χ1) is 18.3. The lowest BCUT2D eigenvalue weighted by molar-refractivity contribution is -0.175. The van der Waals surface area contributed by atoms with Gasteiger partial charge in [-0.05, 0) is 90.4 Å². The summed E-state index contributed by atoms with van der Waals surface area (Å²) in [5.41, 5.74) is -0.189. The van der Waals surface area contributed by atoms with Gasteiger partial charge in [0.05, 0.1) is 11.3 Å². The van der Waals surface area contributed by atoms with Crippen molar-refractivity contribution in [2.75, 3.05) is 0 Å². The number of ketones is 4. The molecule has 5 atom stereocenters. The van der Waals surface area contributed by atoms with E-state index in [4.69, 9.17) is 0 Å². The van der Waals surface area contributed by atoms with E-state index in [1.54, 1.807) is 24.3 Å². The number of carbonyl (C=O) groups is 4. The van der Waals surface area contributed by atoms with Gasteiger partial charge in [0, 0.05) is 5.56 Å². The molecule has 4 saturated carbocycles. The van der Waals surface area contributed by atoms with Crippen molar-refractivity contribution >= 4 is 23.1 Å². The zero-order valence-electron chi connectivity index (χ0n) is 24.7. The van der Waals surface area contributed by atoms with Gasteiger partial charge in [-0.2, -0.15) is 0 Å². The molecule has 4 heteroatoms. The van der Waals surface area contributed by atoms with Crippen LogP contribution in [0.5, 0.6) is 0 Å². The second kappa shape index (κ2) is 10.6. The van der Waals surface area contributed by atoms with Crippen molar-refractivity contribution in [2.45, 2.75) is 87.0 Å². The van der Waals surface area contributed by atoms with E-state index >= 15 is 0 Å². The van der Waals surface area contributed by atoms with Crippen LogP contribution in [0.2, 0.25) is 0 Å². The fraction of sp³-hybridized carbons (Fsp3) is 0.543. The molecule has 0 aromatic heterocycles. The van der Waals surface area contributed by atoms with E-state index in [2.05, 4.69) is 26.0 Å². The van der Waals surface area contributed by atoms with Crippen molar-refractivity contribution in [2.24, 2.45) is 34.0 Å². The smallest absolute Gasteiger partial charge is 0.184 e. The Morgan fingerprint density at radius 2 is 1.54 bits per heavy atom. The minimum absolute atomic E-state index is 0.0989. The van der Waals surface area contributed by atoms with Crippen LogP contribution in [-0.2, 0) is 14.4 Å². The SMILES string of the molecule is CC(C)=CCCC(C)=CCC12CC3CC(CC=C(C)C)C(C1=O)C(=O)C(C(=O)c1ccccc1)(C2=O)C3(C)C. The van der Waals surface area contributed by atoms with Gasteiger partial charge in [-0.25, -0.2) is 0 Å². The van der Waals surface area contributed by atoms with Gasteiger partial charge in [0.1, 0.15) is 0 Å². The van der Waals surface area contributed by atoms with Gasteiger partial charge in [-0.15, -0.1) is 0 Å². The topological polar surface area (TPSA) is 68.3 Å². The van der Waals surface area contributed by atoms with Crippen LogP contribution in [0.4, 0.5) is 0 Å². The molecule has 1 aromatic carbocycles. The quantitative estimate of drug-likeness (QED) is 0.187. The molecule has 1 aromatic rings. The predicted octanol–water partition coefficient (Wildman–Crippen LogP) is 7.68. The predicted molar refractivity (Wildman–Crippen MR) is 155 cm³/mol. The number of fused-ring (bicyclic) bond motifs is 1. The van der Waals surface area contributed by atoms with Gasteiger partial charge in [0.15, 0.2) is 28.5 Å². The molecule has 4 aliphatic rings. The van der Waals surface area contributed by atoms with Gasteiger partial charge in [-0.1, -0.05) is 79.1 Å². The zero-order valence-corrected chi connectivity index (χ0v) is 24.7. The number of hydrogen-bond donors (Lipinski definition) is 0. The normalized spacial score (nSPS) is 31.2. The van der Waals surface area contributed by atoms with Crippen molar-refractivity contribution in [1.29, 1.82) is 0 Å². The van der Waals surface area contributed by atoms with Gasteiger partial charge in [0.2, 0.25) is 0 Å². The second-order valence-corrected chi connectivity index (χ2v) is 13.3. The first kappa shape index (κ1) is 29.1. The van der Waals surface area contributed by atoms with Crippen molar-refractivity contribution in [3.05, 3.63) is 70.8 Å². The number of carbonyl (C=O) groups excluding carboxylic acids is 4. The number of hydrogen-bond acceptors (Lipinski definition) is 4. The molecule has 208 valence electrons. The van der Waals surface area contributed by atoms with E-state index in [-0.39, 0.29) is 24.0 Å². The summed E-state index contributed by atoms with van der Waals surface area (Å²) in [6.07, 6.45) is 10.0. The van der Waals surface area contributed by atoms with Gasteiger partial charge in [-0.3, -0.25) is 19.2 Å². The number of Topliss-reactive ketones (excluding diaryl/α,β-unsaturated/α-hetero) is 4. The molecule has 4 aliphatic carbocycles. The molecule has 4 fully saturated rings. The Morgan fingerprint density at radius 3 is 2.15 bits per heavy atom. The summed E-state index contributed by atoms with van der Waals surface area (Å²) in [5.74, 6) is -2.81. The fourth-order valence-corrected chi connectivity index (χ4v) is 7.57. The largest absolute Gasteiger partial charge is 0.298 e. The average Bonchev–Trinajstić information content (AvgIpc) is 3.02. The summed E-state index contributed by atoms with van der Waals surface area (Å²) < 4.78 is 0. The lowest BCUT2D eigenvalue weighted by Crippen LogP contribution is -2.72. The molecule has 39 heavy (non-hydrogen) atoms. The number of rotatable bonds is 9. The van der Waals surface area contributed by atoms with Crippen molar-refractivity contribution in [1.82, 2.24) is 0 Å². The minimum atomic E-state index is -1.85. The Bertz CT molecular complexity index is 1270. The Balaban J connectivity index is 1.89. The molecule has 4 nitrogen and oxygen atoms in total. The third kappa shape index (κ3) is 4.54. The van der Waals surface area contributed by atoms with E-state index in [9.17, 15) is 19.2 Å². The number of allylic oxidation sites excluding steroid dienone is 6. The summed E-state index contributed by atoms with van der Waals surface area (Å²) in [5, 5.41) is 0. The van der Waals surface area contributed by atoms with Crippen LogP contribution in [0.25, 0.3) is 0 Å². The Labute approximate surface area is 234 Å². The molecule has 0 radical (unpaired) electrons. The van der Waals surface area contributed by atoms with Crippen LogP contribution in [0, 0.1) is 34.0 Å². The molecular weight excluding hydrogens is 484 g/mol. The highest BCUT2D eigenvalue weighted by atomic mass is 16.2. The highest BCUT2D eigenvalue weighted by molar-refractivity contribution is 6.40. The minimum Gasteiger partial charge on any atom is -0.298 e. The molecule has 0 amide bonds. The summed E-state index contributed by atoms with van der Waals surface area (Å²) in [6.45, 7) is 14.1. The van der Waals surface area contributed by atoms with E-state index in [1.165, 1.54) is 5.57 Å². The first-order valence-electron chi connectivity index (χ1n) is 14.5. The third-order valence-corrected chi connectivity index (χ3v) is 9.92. The molecule has 0 saturated heterocycles. The molecule has 0 N–H and O–H groups in total. The Kier molecular flexibility index (Phi) is 7.91. The van der Waals surface area contributed by atoms with Gasteiger partial charge >= 0.3 is 0 Å². The maximum absolute atomic E-state index is 14.8. The Morgan fingerprint density at radius 1 is 0.897 bits per heavy atom. The van der Waals surface area contributed by atoms with Crippen LogP contribution in [-0.4, -0.2) is 23.1 Å². The number of benzene rings is 1. The third-order valence-electron chi connectivity index (χ3n) is 9.92. The van der Waals surface area contributed by atoms with Crippen molar-refractivity contribution in [3.8, 4) is 0 Å².